The normalized spacial score (nSPS) is 20.6. The second-order valence-corrected chi connectivity index (χ2v) is 10.1. The summed E-state index contributed by atoms with van der Waals surface area (Å²) >= 11 is 0. The Morgan fingerprint density at radius 3 is 2.09 bits per heavy atom. The molecular formula is C16H32N2O3S. The highest BCUT2D eigenvalue weighted by Crippen LogP contribution is 2.23. The Hall–Kier alpha value is -0.620. The van der Waals surface area contributed by atoms with Crippen LogP contribution in [0, 0.1) is 5.92 Å². The Bertz CT molecular complexity index is 405. The third kappa shape index (κ3) is 6.24. The molecule has 1 amide bonds. The highest BCUT2D eigenvalue weighted by atomic mass is 32.2. The van der Waals surface area contributed by atoms with Crippen molar-refractivity contribution in [2.24, 2.45) is 5.92 Å². The van der Waals surface area contributed by atoms with Crippen LogP contribution in [0.15, 0.2) is 0 Å². The maximum Gasteiger partial charge on any atom is 0.410 e. The number of hydrogen-bond donors (Lipinski definition) is 1. The zero-order valence-corrected chi connectivity index (χ0v) is 15.9. The van der Waals surface area contributed by atoms with Gasteiger partial charge in [-0.25, -0.2) is 13.7 Å². The number of piperidine rings is 1. The summed E-state index contributed by atoms with van der Waals surface area (Å²) in [4.78, 5) is 13.8. The molecule has 1 aliphatic rings. The molecule has 22 heavy (non-hydrogen) atoms. The number of rotatable bonds is 3. The van der Waals surface area contributed by atoms with Crippen LogP contribution in [-0.4, -0.2) is 44.7 Å². The van der Waals surface area contributed by atoms with E-state index in [1.807, 2.05) is 41.5 Å². The van der Waals surface area contributed by atoms with Gasteiger partial charge in [-0.15, -0.1) is 0 Å². The van der Waals surface area contributed by atoms with Gasteiger partial charge in [0.2, 0.25) is 0 Å². The van der Waals surface area contributed by atoms with Crippen molar-refractivity contribution in [3.8, 4) is 0 Å². The first-order valence-electron chi connectivity index (χ1n) is 8.06. The molecule has 0 unspecified atom stereocenters. The Morgan fingerprint density at radius 2 is 1.68 bits per heavy atom. The maximum absolute atomic E-state index is 12.2. The summed E-state index contributed by atoms with van der Waals surface area (Å²) in [6.45, 7) is 15.0. The lowest BCUT2D eigenvalue weighted by molar-refractivity contribution is 0.0174. The molecule has 0 radical (unpaired) electrons. The molecule has 0 spiro atoms. The molecule has 5 nitrogen and oxygen atoms in total. The minimum absolute atomic E-state index is 0.181. The number of amides is 1. The molecule has 130 valence electrons. The lowest BCUT2D eigenvalue weighted by Gasteiger charge is -2.36. The average molecular weight is 333 g/mol. The van der Waals surface area contributed by atoms with Gasteiger partial charge < -0.3 is 9.64 Å². The van der Waals surface area contributed by atoms with Crippen molar-refractivity contribution in [2.45, 2.75) is 77.7 Å². The molecule has 1 fully saturated rings. The SMILES string of the molecule is C[C@@H](N[S@](=O)C(C)(C)C)C1CCN(C(=O)OC(C)(C)C)CC1. The lowest BCUT2D eigenvalue weighted by atomic mass is 9.91. The van der Waals surface area contributed by atoms with Gasteiger partial charge in [-0.05, 0) is 67.2 Å². The Kier molecular flexibility index (Phi) is 6.45. The van der Waals surface area contributed by atoms with Crippen LogP contribution in [0.3, 0.4) is 0 Å². The van der Waals surface area contributed by atoms with Gasteiger partial charge in [0, 0.05) is 19.1 Å². The highest BCUT2D eigenvalue weighted by molar-refractivity contribution is 7.84. The van der Waals surface area contributed by atoms with E-state index < -0.39 is 16.6 Å². The monoisotopic (exact) mass is 332 g/mol. The zero-order valence-electron chi connectivity index (χ0n) is 15.1. The van der Waals surface area contributed by atoms with E-state index in [0.29, 0.717) is 19.0 Å². The van der Waals surface area contributed by atoms with Crippen molar-refractivity contribution in [2.75, 3.05) is 13.1 Å². The van der Waals surface area contributed by atoms with Gasteiger partial charge in [0.25, 0.3) is 0 Å². The van der Waals surface area contributed by atoms with E-state index in [1.54, 1.807) is 4.90 Å². The average Bonchev–Trinajstić information content (AvgIpc) is 2.35. The van der Waals surface area contributed by atoms with Crippen LogP contribution in [0.1, 0.15) is 61.3 Å². The largest absolute Gasteiger partial charge is 0.444 e. The first kappa shape index (κ1) is 19.4. The van der Waals surface area contributed by atoms with Gasteiger partial charge in [-0.1, -0.05) is 0 Å². The predicted molar refractivity (Wildman–Crippen MR) is 91.0 cm³/mol. The van der Waals surface area contributed by atoms with E-state index in [4.69, 9.17) is 4.74 Å². The van der Waals surface area contributed by atoms with E-state index in [1.165, 1.54) is 0 Å². The fraction of sp³-hybridized carbons (Fsp3) is 0.938. The third-order valence-electron chi connectivity index (χ3n) is 3.75. The standard InChI is InChI=1S/C16H32N2O3S/c1-12(17-22(20)16(5,6)7)13-8-10-18(11-9-13)14(19)21-15(2,3)4/h12-13,17H,8-11H2,1-7H3/t12-,22-/m1/s1. The fourth-order valence-corrected chi connectivity index (χ4v) is 3.23. The number of ether oxygens (including phenoxy) is 1. The first-order valence-corrected chi connectivity index (χ1v) is 9.21. The Balaban J connectivity index is 2.45. The predicted octanol–water partition coefficient (Wildman–Crippen LogP) is 3.07. The van der Waals surface area contributed by atoms with Crippen molar-refractivity contribution in [1.29, 1.82) is 0 Å². The number of hydrogen-bond acceptors (Lipinski definition) is 3. The molecule has 0 saturated carbocycles. The lowest BCUT2D eigenvalue weighted by Crippen LogP contribution is -2.47. The van der Waals surface area contributed by atoms with Crippen LogP contribution in [0.2, 0.25) is 0 Å². The van der Waals surface area contributed by atoms with Crippen LogP contribution in [0.25, 0.3) is 0 Å². The number of carbonyl (C=O) groups excluding carboxylic acids is 1. The number of likely N-dealkylation sites (tertiary alicyclic amines) is 1. The Labute approximate surface area is 137 Å². The first-order chi connectivity index (χ1) is 9.90. The van der Waals surface area contributed by atoms with Crippen LogP contribution < -0.4 is 4.72 Å². The Morgan fingerprint density at radius 1 is 1.18 bits per heavy atom. The van der Waals surface area contributed by atoms with E-state index in [2.05, 4.69) is 11.6 Å². The van der Waals surface area contributed by atoms with Gasteiger partial charge in [-0.3, -0.25) is 0 Å². The van der Waals surface area contributed by atoms with E-state index in [9.17, 15) is 9.00 Å². The molecule has 1 saturated heterocycles. The summed E-state index contributed by atoms with van der Waals surface area (Å²) in [6.07, 6.45) is 1.59. The minimum atomic E-state index is -1.06. The molecular weight excluding hydrogens is 300 g/mol. The van der Waals surface area contributed by atoms with Crippen LogP contribution in [0.5, 0.6) is 0 Å². The van der Waals surface area contributed by atoms with Gasteiger partial charge >= 0.3 is 6.09 Å². The summed E-state index contributed by atoms with van der Waals surface area (Å²) in [5.74, 6) is 0.435. The van der Waals surface area contributed by atoms with Crippen molar-refractivity contribution in [1.82, 2.24) is 9.62 Å². The van der Waals surface area contributed by atoms with E-state index >= 15 is 0 Å². The van der Waals surface area contributed by atoms with Crippen molar-refractivity contribution >= 4 is 17.1 Å². The summed E-state index contributed by atoms with van der Waals surface area (Å²) in [5, 5.41) is 0. The molecule has 0 aromatic rings. The van der Waals surface area contributed by atoms with Crippen LogP contribution >= 0.6 is 0 Å². The minimum Gasteiger partial charge on any atom is -0.444 e. The molecule has 1 heterocycles. The van der Waals surface area contributed by atoms with Gasteiger partial charge in [0.15, 0.2) is 0 Å². The molecule has 1 aliphatic heterocycles. The second kappa shape index (κ2) is 7.30. The van der Waals surface area contributed by atoms with Crippen molar-refractivity contribution in [3.05, 3.63) is 0 Å². The topological polar surface area (TPSA) is 58.6 Å². The number of carbonyl (C=O) groups is 1. The molecule has 0 bridgehead atoms. The number of nitrogens with zero attached hydrogens (tertiary/aromatic N) is 1. The molecule has 0 aliphatic carbocycles. The van der Waals surface area contributed by atoms with Gasteiger partial charge in [0.05, 0.1) is 15.7 Å². The summed E-state index contributed by atoms with van der Waals surface area (Å²) in [5.41, 5.74) is -0.452. The molecule has 0 aromatic carbocycles. The fourth-order valence-electron chi connectivity index (χ4n) is 2.35. The zero-order chi connectivity index (χ0) is 17.1. The van der Waals surface area contributed by atoms with Gasteiger partial charge in [0.1, 0.15) is 5.60 Å². The molecule has 2 atom stereocenters. The van der Waals surface area contributed by atoms with E-state index in [-0.39, 0.29) is 16.9 Å². The molecule has 0 aromatic heterocycles. The highest BCUT2D eigenvalue weighted by Gasteiger charge is 2.31. The maximum atomic E-state index is 12.2. The smallest absolute Gasteiger partial charge is 0.410 e. The van der Waals surface area contributed by atoms with Crippen LogP contribution in [-0.2, 0) is 15.7 Å². The second-order valence-electron chi connectivity index (χ2n) is 8.09. The molecule has 1 N–H and O–H groups in total. The van der Waals surface area contributed by atoms with Crippen molar-refractivity contribution < 1.29 is 13.7 Å². The summed E-state index contributed by atoms with van der Waals surface area (Å²) < 4.78 is 20.5. The number of nitrogens with one attached hydrogen (secondary N) is 1. The van der Waals surface area contributed by atoms with Crippen molar-refractivity contribution in [3.63, 3.8) is 0 Å². The van der Waals surface area contributed by atoms with Gasteiger partial charge in [-0.2, -0.15) is 0 Å². The molecule has 6 heteroatoms. The molecule has 1 rings (SSSR count). The quantitative estimate of drug-likeness (QED) is 0.864. The van der Waals surface area contributed by atoms with Crippen LogP contribution in [0.4, 0.5) is 4.79 Å². The van der Waals surface area contributed by atoms with E-state index in [0.717, 1.165) is 12.8 Å². The summed E-state index contributed by atoms with van der Waals surface area (Å²) in [6, 6.07) is 0.181. The summed E-state index contributed by atoms with van der Waals surface area (Å²) in [7, 11) is -1.06. The third-order valence-corrected chi connectivity index (χ3v) is 5.45.